The number of rotatable bonds is 12. The van der Waals surface area contributed by atoms with Crippen molar-refractivity contribution in [2.75, 3.05) is 39.3 Å². The molecule has 2 amide bonds. The van der Waals surface area contributed by atoms with E-state index < -0.39 is 24.4 Å². The summed E-state index contributed by atoms with van der Waals surface area (Å²) in [6, 6.07) is 18.7. The molecule has 0 radical (unpaired) electrons. The van der Waals surface area contributed by atoms with Gasteiger partial charge in [0.2, 0.25) is 0 Å². The fourth-order valence-electron chi connectivity index (χ4n) is 3.25. The SMILES string of the molecule is COc1ccccc1NC(=O)COc1ccc(C(=O)OCC(=O)NCCc2ccc(Cl)cc2)cc1OC. The van der Waals surface area contributed by atoms with Gasteiger partial charge in [0.05, 0.1) is 25.5 Å². The van der Waals surface area contributed by atoms with Crippen LogP contribution in [0.25, 0.3) is 0 Å². The molecule has 0 saturated heterocycles. The second kappa shape index (κ2) is 13.7. The number of para-hydroxylation sites is 2. The molecule has 0 heterocycles. The molecule has 0 fully saturated rings. The van der Waals surface area contributed by atoms with E-state index in [-0.39, 0.29) is 23.7 Å². The number of methoxy groups -OCH3 is 2. The van der Waals surface area contributed by atoms with E-state index in [0.29, 0.717) is 29.4 Å². The topological polar surface area (TPSA) is 112 Å². The van der Waals surface area contributed by atoms with Crippen molar-refractivity contribution in [2.24, 2.45) is 0 Å². The zero-order valence-corrected chi connectivity index (χ0v) is 21.2. The highest BCUT2D eigenvalue weighted by molar-refractivity contribution is 6.30. The van der Waals surface area contributed by atoms with Crippen molar-refractivity contribution in [3.05, 3.63) is 82.9 Å². The fraction of sp³-hybridized carbons (Fsp3) is 0.222. The van der Waals surface area contributed by atoms with E-state index >= 15 is 0 Å². The first kappa shape index (κ1) is 27.3. The van der Waals surface area contributed by atoms with Gasteiger partial charge in [0.1, 0.15) is 5.75 Å². The predicted octanol–water partition coefficient (Wildman–Crippen LogP) is 3.89. The molecule has 3 aromatic carbocycles. The monoisotopic (exact) mass is 526 g/mol. The number of esters is 1. The first-order valence-corrected chi connectivity index (χ1v) is 11.7. The Morgan fingerprint density at radius 2 is 1.54 bits per heavy atom. The van der Waals surface area contributed by atoms with Crippen LogP contribution in [0.2, 0.25) is 5.02 Å². The first-order valence-electron chi connectivity index (χ1n) is 11.3. The van der Waals surface area contributed by atoms with E-state index in [1.165, 1.54) is 32.4 Å². The fourth-order valence-corrected chi connectivity index (χ4v) is 3.38. The molecular weight excluding hydrogens is 500 g/mol. The van der Waals surface area contributed by atoms with Crippen LogP contribution < -0.4 is 24.8 Å². The molecule has 194 valence electrons. The van der Waals surface area contributed by atoms with E-state index in [0.717, 1.165) is 5.56 Å². The number of carbonyl (C=O) groups is 3. The third kappa shape index (κ3) is 8.43. The molecule has 2 N–H and O–H groups in total. The van der Waals surface area contributed by atoms with Gasteiger partial charge in [0.15, 0.2) is 24.7 Å². The second-order valence-corrected chi connectivity index (χ2v) is 8.14. The molecule has 0 unspecified atom stereocenters. The predicted molar refractivity (Wildman–Crippen MR) is 139 cm³/mol. The Morgan fingerprint density at radius 1 is 0.811 bits per heavy atom. The number of carbonyl (C=O) groups excluding carboxylic acids is 3. The van der Waals surface area contributed by atoms with Crippen LogP contribution in [0.15, 0.2) is 66.7 Å². The van der Waals surface area contributed by atoms with Crippen LogP contribution in [0, 0.1) is 0 Å². The average molecular weight is 527 g/mol. The van der Waals surface area contributed by atoms with Gasteiger partial charge in [0.25, 0.3) is 11.8 Å². The van der Waals surface area contributed by atoms with Gasteiger partial charge < -0.3 is 29.6 Å². The number of halogens is 1. The van der Waals surface area contributed by atoms with Crippen LogP contribution in [0.1, 0.15) is 15.9 Å². The van der Waals surface area contributed by atoms with E-state index in [1.807, 2.05) is 12.1 Å². The molecule has 0 spiro atoms. The Labute approximate surface area is 219 Å². The molecule has 0 atom stereocenters. The molecular formula is C27H27ClN2O7. The van der Waals surface area contributed by atoms with Crippen molar-refractivity contribution in [2.45, 2.75) is 6.42 Å². The summed E-state index contributed by atoms with van der Waals surface area (Å²) in [5.74, 6) is -0.522. The largest absolute Gasteiger partial charge is 0.495 e. The Kier molecular flexibility index (Phi) is 10.2. The van der Waals surface area contributed by atoms with Gasteiger partial charge in [-0.25, -0.2) is 4.79 Å². The lowest BCUT2D eigenvalue weighted by Crippen LogP contribution is -2.30. The normalized spacial score (nSPS) is 10.2. The van der Waals surface area contributed by atoms with Gasteiger partial charge >= 0.3 is 5.97 Å². The molecule has 10 heteroatoms. The minimum Gasteiger partial charge on any atom is -0.495 e. The highest BCUT2D eigenvalue weighted by atomic mass is 35.5. The zero-order chi connectivity index (χ0) is 26.6. The minimum absolute atomic E-state index is 0.164. The molecule has 0 aliphatic heterocycles. The number of amides is 2. The molecule has 0 bridgehead atoms. The van der Waals surface area contributed by atoms with Gasteiger partial charge in [-0.2, -0.15) is 0 Å². The Hall–Kier alpha value is -4.24. The number of anilines is 1. The first-order chi connectivity index (χ1) is 17.9. The minimum atomic E-state index is -0.702. The summed E-state index contributed by atoms with van der Waals surface area (Å²) in [5.41, 5.74) is 1.70. The van der Waals surface area contributed by atoms with Crippen LogP contribution in [0.3, 0.4) is 0 Å². The summed E-state index contributed by atoms with van der Waals surface area (Å²) in [4.78, 5) is 36.7. The second-order valence-electron chi connectivity index (χ2n) is 7.71. The van der Waals surface area contributed by atoms with Crippen molar-refractivity contribution in [1.82, 2.24) is 5.32 Å². The van der Waals surface area contributed by atoms with Crippen LogP contribution in [-0.4, -0.2) is 51.8 Å². The third-order valence-corrected chi connectivity index (χ3v) is 5.37. The van der Waals surface area contributed by atoms with Gasteiger partial charge in [0, 0.05) is 11.6 Å². The number of ether oxygens (including phenoxy) is 4. The number of hydrogen-bond donors (Lipinski definition) is 2. The lowest BCUT2D eigenvalue weighted by atomic mass is 10.1. The maximum Gasteiger partial charge on any atom is 0.338 e. The summed E-state index contributed by atoms with van der Waals surface area (Å²) in [6.07, 6.45) is 0.617. The summed E-state index contributed by atoms with van der Waals surface area (Å²) in [6.45, 7) is -0.333. The van der Waals surface area contributed by atoms with Gasteiger partial charge in [-0.3, -0.25) is 9.59 Å². The quantitative estimate of drug-likeness (QED) is 0.344. The summed E-state index contributed by atoms with van der Waals surface area (Å²) in [5, 5.41) is 6.05. The van der Waals surface area contributed by atoms with Gasteiger partial charge in [-0.1, -0.05) is 35.9 Å². The van der Waals surface area contributed by atoms with Crippen molar-refractivity contribution in [3.63, 3.8) is 0 Å². The molecule has 0 aromatic heterocycles. The maximum absolute atomic E-state index is 12.4. The number of benzene rings is 3. The van der Waals surface area contributed by atoms with E-state index in [4.69, 9.17) is 30.5 Å². The Balaban J connectivity index is 1.46. The van der Waals surface area contributed by atoms with Crippen molar-refractivity contribution >= 4 is 35.1 Å². The van der Waals surface area contributed by atoms with Gasteiger partial charge in [-0.15, -0.1) is 0 Å². The molecule has 0 saturated carbocycles. The smallest absolute Gasteiger partial charge is 0.338 e. The van der Waals surface area contributed by atoms with Crippen LogP contribution in [-0.2, 0) is 20.7 Å². The Morgan fingerprint density at radius 3 is 2.27 bits per heavy atom. The lowest BCUT2D eigenvalue weighted by molar-refractivity contribution is -0.124. The number of nitrogens with one attached hydrogen (secondary N) is 2. The third-order valence-electron chi connectivity index (χ3n) is 5.12. The number of hydrogen-bond acceptors (Lipinski definition) is 7. The maximum atomic E-state index is 12.4. The molecule has 0 aliphatic carbocycles. The molecule has 0 aliphatic rings. The summed E-state index contributed by atoms with van der Waals surface area (Å²) < 4.78 is 21.1. The van der Waals surface area contributed by atoms with Crippen LogP contribution in [0.5, 0.6) is 17.2 Å². The summed E-state index contributed by atoms with van der Waals surface area (Å²) in [7, 11) is 2.91. The molecule has 3 aromatic rings. The highest BCUT2D eigenvalue weighted by Crippen LogP contribution is 2.29. The lowest BCUT2D eigenvalue weighted by Gasteiger charge is -2.13. The van der Waals surface area contributed by atoms with Crippen molar-refractivity contribution in [1.29, 1.82) is 0 Å². The average Bonchev–Trinajstić information content (AvgIpc) is 2.91. The molecule has 9 nitrogen and oxygen atoms in total. The van der Waals surface area contributed by atoms with E-state index in [1.54, 1.807) is 36.4 Å². The summed E-state index contributed by atoms with van der Waals surface area (Å²) >= 11 is 5.86. The van der Waals surface area contributed by atoms with Crippen LogP contribution >= 0.6 is 11.6 Å². The van der Waals surface area contributed by atoms with Gasteiger partial charge in [-0.05, 0) is 54.4 Å². The zero-order valence-electron chi connectivity index (χ0n) is 20.4. The van der Waals surface area contributed by atoms with E-state index in [9.17, 15) is 14.4 Å². The molecule has 3 rings (SSSR count). The highest BCUT2D eigenvalue weighted by Gasteiger charge is 2.15. The standard InChI is InChI=1S/C27H27ClN2O7/c1-34-22-6-4-3-5-21(22)30-26(32)17-36-23-12-9-19(15-24(23)35-2)27(33)37-16-25(31)29-14-13-18-7-10-20(28)11-8-18/h3-12,15H,13-14,16-17H2,1-2H3,(H,29,31)(H,30,32). The van der Waals surface area contributed by atoms with Crippen molar-refractivity contribution in [3.8, 4) is 17.2 Å². The van der Waals surface area contributed by atoms with Crippen LogP contribution in [0.4, 0.5) is 5.69 Å². The van der Waals surface area contributed by atoms with Crippen molar-refractivity contribution < 1.29 is 33.3 Å². The van der Waals surface area contributed by atoms with E-state index in [2.05, 4.69) is 10.6 Å². The Bertz CT molecular complexity index is 1230. The molecule has 37 heavy (non-hydrogen) atoms.